The molecule has 0 bridgehead atoms. The van der Waals surface area contributed by atoms with Gasteiger partial charge >= 0.3 is 0 Å². The molecule has 7 nitrogen and oxygen atoms in total. The average Bonchev–Trinajstić information content (AvgIpc) is 3.40. The maximum Gasteiger partial charge on any atom is 0.262 e. The molecular formula is C19H20ClN5O2S. The number of hydrogen-bond acceptors (Lipinski definition) is 6. The third-order valence-electron chi connectivity index (χ3n) is 5.73. The van der Waals surface area contributed by atoms with E-state index in [1.165, 1.54) is 24.1 Å². The Morgan fingerprint density at radius 3 is 2.71 bits per heavy atom. The van der Waals surface area contributed by atoms with Crippen LogP contribution in [-0.2, 0) is 10.3 Å². The number of aromatic nitrogens is 2. The minimum Gasteiger partial charge on any atom is -0.342 e. The summed E-state index contributed by atoms with van der Waals surface area (Å²) in [6.07, 6.45) is 8.61. The maximum atomic E-state index is 12.5. The fourth-order valence-electron chi connectivity index (χ4n) is 4.09. The molecular weight excluding hydrogens is 398 g/mol. The monoisotopic (exact) mass is 417 g/mol. The molecule has 2 aliphatic carbocycles. The molecule has 1 aliphatic heterocycles. The summed E-state index contributed by atoms with van der Waals surface area (Å²) in [6, 6.07) is 2.03. The summed E-state index contributed by atoms with van der Waals surface area (Å²) in [5.41, 5.74) is 0.858. The highest BCUT2D eigenvalue weighted by molar-refractivity contribution is 7.18. The molecule has 0 aromatic carbocycles. The van der Waals surface area contributed by atoms with E-state index in [9.17, 15) is 9.59 Å². The number of halogens is 1. The normalized spacial score (nSPS) is 20.0. The molecule has 3 aliphatic rings. The Labute approximate surface area is 171 Å². The van der Waals surface area contributed by atoms with Crippen LogP contribution in [0.1, 0.15) is 60.2 Å². The molecule has 0 atom stereocenters. The first-order valence-electron chi connectivity index (χ1n) is 9.61. The fourth-order valence-corrected chi connectivity index (χ4v) is 5.34. The molecule has 2 aromatic rings. The Morgan fingerprint density at radius 2 is 1.96 bits per heavy atom. The summed E-state index contributed by atoms with van der Waals surface area (Å²) in [5.74, 6) is 0.731. The van der Waals surface area contributed by atoms with Gasteiger partial charge in [-0.3, -0.25) is 9.59 Å². The van der Waals surface area contributed by atoms with E-state index in [-0.39, 0.29) is 28.3 Å². The topological polar surface area (TPSA) is 96.0 Å². The number of thiophene rings is 1. The molecule has 3 heterocycles. The van der Waals surface area contributed by atoms with E-state index in [0.717, 1.165) is 54.0 Å². The Hall–Kier alpha value is -2.19. The number of carbonyl (C=O) groups is 2. The highest BCUT2D eigenvalue weighted by Crippen LogP contribution is 2.47. The van der Waals surface area contributed by atoms with Gasteiger partial charge in [-0.05, 0) is 31.7 Å². The van der Waals surface area contributed by atoms with Gasteiger partial charge in [0.05, 0.1) is 15.4 Å². The SMILES string of the molecule is O=C1NC2(CCCCC2)c2cc(Nc3ncnc(NC(=O)C4CC4)c3Cl)sc21. The molecule has 0 saturated heterocycles. The standard InChI is InChI=1S/C19H20ClN5O2S/c20-13-15(21-9-22-16(13)24-17(26)10-4-5-10)23-12-8-11-14(28-12)18(27)25-19(11)6-2-1-3-7-19/h8-10H,1-7H2,(H,25,27)(H2,21,22,23,24,26). The molecule has 2 amide bonds. The van der Waals surface area contributed by atoms with Crippen molar-refractivity contribution in [3.05, 3.63) is 27.9 Å². The van der Waals surface area contributed by atoms with Gasteiger partial charge in [-0.2, -0.15) is 0 Å². The number of fused-ring (bicyclic) bond motifs is 2. The number of anilines is 3. The van der Waals surface area contributed by atoms with Crippen LogP contribution in [0.15, 0.2) is 12.4 Å². The smallest absolute Gasteiger partial charge is 0.262 e. The van der Waals surface area contributed by atoms with Crippen LogP contribution in [0.25, 0.3) is 0 Å². The van der Waals surface area contributed by atoms with Crippen LogP contribution >= 0.6 is 22.9 Å². The van der Waals surface area contributed by atoms with Crippen molar-refractivity contribution in [2.45, 2.75) is 50.5 Å². The molecule has 3 N–H and O–H groups in total. The lowest BCUT2D eigenvalue weighted by atomic mass is 9.78. The lowest BCUT2D eigenvalue weighted by molar-refractivity contribution is -0.117. The van der Waals surface area contributed by atoms with E-state index >= 15 is 0 Å². The summed E-state index contributed by atoms with van der Waals surface area (Å²) in [7, 11) is 0. The van der Waals surface area contributed by atoms with Crippen molar-refractivity contribution in [3.8, 4) is 0 Å². The first-order chi connectivity index (χ1) is 13.6. The third kappa shape index (κ3) is 3.04. The fraction of sp³-hybridized carbons (Fsp3) is 0.474. The Balaban J connectivity index is 1.40. The molecule has 0 unspecified atom stereocenters. The van der Waals surface area contributed by atoms with Gasteiger partial charge in [0.25, 0.3) is 5.91 Å². The van der Waals surface area contributed by atoms with Crippen LogP contribution in [-0.4, -0.2) is 21.8 Å². The number of nitrogens with one attached hydrogen (secondary N) is 3. The van der Waals surface area contributed by atoms with Crippen molar-refractivity contribution in [2.75, 3.05) is 10.6 Å². The molecule has 2 fully saturated rings. The Morgan fingerprint density at radius 1 is 1.21 bits per heavy atom. The predicted octanol–water partition coefficient (Wildman–Crippen LogP) is 4.19. The van der Waals surface area contributed by atoms with E-state index in [0.29, 0.717) is 11.6 Å². The van der Waals surface area contributed by atoms with E-state index in [1.807, 2.05) is 6.07 Å². The van der Waals surface area contributed by atoms with Gasteiger partial charge in [0.1, 0.15) is 11.3 Å². The van der Waals surface area contributed by atoms with E-state index in [2.05, 4.69) is 25.9 Å². The number of hydrogen-bond donors (Lipinski definition) is 3. The minimum atomic E-state index is -0.222. The first kappa shape index (κ1) is 17.9. The summed E-state index contributed by atoms with van der Waals surface area (Å²) >= 11 is 7.82. The minimum absolute atomic E-state index is 0.00104. The predicted molar refractivity (Wildman–Crippen MR) is 108 cm³/mol. The van der Waals surface area contributed by atoms with E-state index in [4.69, 9.17) is 11.6 Å². The Bertz CT molecular complexity index is 965. The number of nitrogens with zero attached hydrogens (tertiary/aromatic N) is 2. The van der Waals surface area contributed by atoms with Crippen LogP contribution in [0, 0.1) is 5.92 Å². The second-order valence-corrected chi connectivity index (χ2v) is 9.15. The van der Waals surface area contributed by atoms with Crippen LogP contribution in [0.3, 0.4) is 0 Å². The maximum absolute atomic E-state index is 12.5. The summed E-state index contributed by atoms with van der Waals surface area (Å²) in [4.78, 5) is 33.5. The molecule has 28 heavy (non-hydrogen) atoms. The number of carbonyl (C=O) groups excluding carboxylic acids is 2. The van der Waals surface area contributed by atoms with Crippen LogP contribution < -0.4 is 16.0 Å². The van der Waals surface area contributed by atoms with Crippen LogP contribution in [0.2, 0.25) is 5.02 Å². The molecule has 2 saturated carbocycles. The van der Waals surface area contributed by atoms with Crippen molar-refractivity contribution in [3.63, 3.8) is 0 Å². The molecule has 0 radical (unpaired) electrons. The quantitative estimate of drug-likeness (QED) is 0.693. The van der Waals surface area contributed by atoms with Gasteiger partial charge in [-0.1, -0.05) is 30.9 Å². The van der Waals surface area contributed by atoms with Gasteiger partial charge in [0.15, 0.2) is 11.6 Å². The van der Waals surface area contributed by atoms with E-state index in [1.54, 1.807) is 0 Å². The zero-order chi connectivity index (χ0) is 19.3. The zero-order valence-corrected chi connectivity index (χ0v) is 16.8. The summed E-state index contributed by atoms with van der Waals surface area (Å²) in [6.45, 7) is 0. The van der Waals surface area contributed by atoms with Crippen LogP contribution in [0.4, 0.5) is 16.6 Å². The summed E-state index contributed by atoms with van der Waals surface area (Å²) < 4.78 is 0. The zero-order valence-electron chi connectivity index (χ0n) is 15.2. The van der Waals surface area contributed by atoms with Crippen molar-refractivity contribution in [1.29, 1.82) is 0 Å². The lowest BCUT2D eigenvalue weighted by Crippen LogP contribution is -2.40. The average molecular weight is 418 g/mol. The first-order valence-corrected chi connectivity index (χ1v) is 10.8. The number of amides is 2. The lowest BCUT2D eigenvalue weighted by Gasteiger charge is -2.33. The van der Waals surface area contributed by atoms with Gasteiger partial charge in [-0.15, -0.1) is 11.3 Å². The molecule has 2 aromatic heterocycles. The summed E-state index contributed by atoms with van der Waals surface area (Å²) in [5, 5.41) is 10.3. The largest absolute Gasteiger partial charge is 0.342 e. The van der Waals surface area contributed by atoms with Crippen molar-refractivity contribution >= 4 is 51.4 Å². The van der Waals surface area contributed by atoms with Crippen molar-refractivity contribution in [2.24, 2.45) is 5.92 Å². The van der Waals surface area contributed by atoms with Gasteiger partial charge in [-0.25, -0.2) is 9.97 Å². The van der Waals surface area contributed by atoms with Gasteiger partial charge < -0.3 is 16.0 Å². The molecule has 5 rings (SSSR count). The number of rotatable bonds is 4. The second-order valence-electron chi connectivity index (χ2n) is 7.72. The third-order valence-corrected chi connectivity index (χ3v) is 7.14. The Kier molecular flexibility index (Phi) is 4.28. The van der Waals surface area contributed by atoms with Crippen molar-refractivity contribution < 1.29 is 9.59 Å². The van der Waals surface area contributed by atoms with Crippen molar-refractivity contribution in [1.82, 2.24) is 15.3 Å². The van der Waals surface area contributed by atoms with Gasteiger partial charge in [0.2, 0.25) is 5.91 Å². The highest BCUT2D eigenvalue weighted by Gasteiger charge is 2.45. The molecule has 9 heteroatoms. The van der Waals surface area contributed by atoms with Gasteiger partial charge in [0, 0.05) is 11.5 Å². The van der Waals surface area contributed by atoms with Crippen LogP contribution in [0.5, 0.6) is 0 Å². The second kappa shape index (κ2) is 6.70. The molecule has 146 valence electrons. The molecule has 1 spiro atoms. The highest BCUT2D eigenvalue weighted by atomic mass is 35.5. The van der Waals surface area contributed by atoms with E-state index < -0.39 is 0 Å².